The predicted molar refractivity (Wildman–Crippen MR) is 118 cm³/mol. The summed E-state index contributed by atoms with van der Waals surface area (Å²) in [6.07, 6.45) is 1.51. The summed E-state index contributed by atoms with van der Waals surface area (Å²) in [5, 5.41) is 4.90. The zero-order valence-corrected chi connectivity index (χ0v) is 16.8. The van der Waals surface area contributed by atoms with Gasteiger partial charge in [0, 0.05) is 11.1 Å². The Bertz CT molecular complexity index is 1310. The molecular weight excluding hydrogens is 394 g/mol. The SMILES string of the molecule is COC(=O)COc1ccccc1C=Nn1c(-c2ccccc2)nc2ccccc2c1=O. The van der Waals surface area contributed by atoms with Crippen LogP contribution < -0.4 is 10.3 Å². The molecule has 31 heavy (non-hydrogen) atoms. The van der Waals surface area contributed by atoms with E-state index in [4.69, 9.17) is 4.74 Å². The fourth-order valence-electron chi connectivity index (χ4n) is 3.04. The third kappa shape index (κ3) is 4.35. The van der Waals surface area contributed by atoms with Gasteiger partial charge in [-0.15, -0.1) is 0 Å². The predicted octanol–water partition coefficient (Wildman–Crippen LogP) is 3.50. The van der Waals surface area contributed by atoms with Gasteiger partial charge in [0.05, 0.1) is 24.2 Å². The van der Waals surface area contributed by atoms with Crippen LogP contribution in [-0.2, 0) is 9.53 Å². The molecule has 0 fully saturated rings. The number of carbonyl (C=O) groups excluding carboxylic acids is 1. The molecular formula is C24H19N3O4. The summed E-state index contributed by atoms with van der Waals surface area (Å²) in [4.78, 5) is 29.3. The second kappa shape index (κ2) is 9.04. The van der Waals surface area contributed by atoms with E-state index < -0.39 is 5.97 Å². The first-order valence-corrected chi connectivity index (χ1v) is 9.57. The molecule has 0 saturated carbocycles. The van der Waals surface area contributed by atoms with Crippen LogP contribution in [0, 0.1) is 0 Å². The monoisotopic (exact) mass is 413 g/mol. The molecule has 7 nitrogen and oxygen atoms in total. The van der Waals surface area contributed by atoms with E-state index in [1.165, 1.54) is 18.0 Å². The molecule has 3 aromatic carbocycles. The van der Waals surface area contributed by atoms with Crippen molar-refractivity contribution < 1.29 is 14.3 Å². The summed E-state index contributed by atoms with van der Waals surface area (Å²) >= 11 is 0. The molecule has 1 heterocycles. The molecule has 0 atom stereocenters. The van der Waals surface area contributed by atoms with Gasteiger partial charge < -0.3 is 9.47 Å². The smallest absolute Gasteiger partial charge is 0.343 e. The van der Waals surface area contributed by atoms with E-state index in [2.05, 4.69) is 14.8 Å². The Balaban J connectivity index is 1.80. The zero-order chi connectivity index (χ0) is 21.6. The number of hydrogen-bond donors (Lipinski definition) is 0. The number of para-hydroxylation sites is 2. The third-order valence-corrected chi connectivity index (χ3v) is 4.59. The maximum Gasteiger partial charge on any atom is 0.343 e. The van der Waals surface area contributed by atoms with E-state index in [0.29, 0.717) is 28.0 Å². The van der Waals surface area contributed by atoms with E-state index in [1.54, 1.807) is 36.4 Å². The Morgan fingerprint density at radius 3 is 2.52 bits per heavy atom. The molecule has 0 N–H and O–H groups in total. The van der Waals surface area contributed by atoms with Crippen LogP contribution in [0.15, 0.2) is 88.8 Å². The van der Waals surface area contributed by atoms with Gasteiger partial charge in [-0.05, 0) is 24.3 Å². The number of nitrogens with zero attached hydrogens (tertiary/aromatic N) is 3. The van der Waals surface area contributed by atoms with Gasteiger partial charge in [0.2, 0.25) is 0 Å². The van der Waals surface area contributed by atoms with Crippen LogP contribution in [0.1, 0.15) is 5.56 Å². The third-order valence-electron chi connectivity index (χ3n) is 4.59. The van der Waals surface area contributed by atoms with E-state index in [9.17, 15) is 9.59 Å². The quantitative estimate of drug-likeness (QED) is 0.357. The lowest BCUT2D eigenvalue weighted by Crippen LogP contribution is -2.20. The van der Waals surface area contributed by atoms with Crippen molar-refractivity contribution in [3.63, 3.8) is 0 Å². The van der Waals surface area contributed by atoms with Crippen molar-refractivity contribution in [1.82, 2.24) is 9.66 Å². The molecule has 4 rings (SSSR count). The number of ether oxygens (including phenoxy) is 2. The summed E-state index contributed by atoms with van der Waals surface area (Å²) in [6, 6.07) is 23.6. The van der Waals surface area contributed by atoms with Crippen LogP contribution in [0.2, 0.25) is 0 Å². The fraction of sp³-hybridized carbons (Fsp3) is 0.0833. The van der Waals surface area contributed by atoms with E-state index in [-0.39, 0.29) is 12.2 Å². The van der Waals surface area contributed by atoms with Gasteiger partial charge in [-0.3, -0.25) is 4.79 Å². The van der Waals surface area contributed by atoms with Crippen LogP contribution in [0.3, 0.4) is 0 Å². The minimum absolute atomic E-state index is 0.228. The van der Waals surface area contributed by atoms with E-state index >= 15 is 0 Å². The van der Waals surface area contributed by atoms with Crippen LogP contribution >= 0.6 is 0 Å². The normalized spacial score (nSPS) is 11.0. The first-order valence-electron chi connectivity index (χ1n) is 9.57. The molecule has 0 spiro atoms. The number of aromatic nitrogens is 2. The van der Waals surface area contributed by atoms with Crippen molar-refractivity contribution >= 4 is 23.1 Å². The molecule has 154 valence electrons. The molecule has 0 radical (unpaired) electrons. The lowest BCUT2D eigenvalue weighted by Gasteiger charge is -2.10. The fourth-order valence-corrected chi connectivity index (χ4v) is 3.04. The molecule has 0 saturated heterocycles. The first kappa shape index (κ1) is 20.0. The Morgan fingerprint density at radius 1 is 1.00 bits per heavy atom. The van der Waals surface area contributed by atoms with Crippen molar-refractivity contribution in [2.75, 3.05) is 13.7 Å². The lowest BCUT2D eigenvalue weighted by molar-refractivity contribution is -0.142. The maximum atomic E-state index is 13.2. The Labute approximate surface area is 178 Å². The molecule has 4 aromatic rings. The zero-order valence-electron chi connectivity index (χ0n) is 16.8. The van der Waals surface area contributed by atoms with E-state index in [1.807, 2.05) is 42.5 Å². The topological polar surface area (TPSA) is 82.8 Å². The number of methoxy groups -OCH3 is 1. The molecule has 0 aliphatic heterocycles. The second-order valence-electron chi connectivity index (χ2n) is 6.58. The van der Waals surface area contributed by atoms with Crippen molar-refractivity contribution in [2.45, 2.75) is 0 Å². The molecule has 0 aliphatic rings. The van der Waals surface area contributed by atoms with Crippen molar-refractivity contribution in [3.05, 3.63) is 94.8 Å². The molecule has 0 aliphatic carbocycles. The van der Waals surface area contributed by atoms with Crippen LogP contribution in [0.5, 0.6) is 5.75 Å². The minimum Gasteiger partial charge on any atom is -0.481 e. The summed E-state index contributed by atoms with van der Waals surface area (Å²) < 4.78 is 11.4. The minimum atomic E-state index is -0.493. The molecule has 0 amide bonds. The largest absolute Gasteiger partial charge is 0.481 e. The lowest BCUT2D eigenvalue weighted by atomic mass is 10.2. The number of hydrogen-bond acceptors (Lipinski definition) is 6. The van der Waals surface area contributed by atoms with Gasteiger partial charge >= 0.3 is 5.97 Å². The van der Waals surface area contributed by atoms with Crippen molar-refractivity contribution in [3.8, 4) is 17.1 Å². The van der Waals surface area contributed by atoms with Crippen LogP contribution in [-0.4, -0.2) is 35.6 Å². The van der Waals surface area contributed by atoms with Crippen molar-refractivity contribution in [2.24, 2.45) is 5.10 Å². The summed E-state index contributed by atoms with van der Waals surface area (Å²) in [5.41, 5.74) is 1.68. The van der Waals surface area contributed by atoms with Gasteiger partial charge in [-0.25, -0.2) is 9.78 Å². The highest BCUT2D eigenvalue weighted by Crippen LogP contribution is 2.20. The van der Waals surface area contributed by atoms with E-state index in [0.717, 1.165) is 5.56 Å². The van der Waals surface area contributed by atoms with Crippen LogP contribution in [0.25, 0.3) is 22.3 Å². The molecule has 1 aromatic heterocycles. The number of carbonyl (C=O) groups is 1. The average molecular weight is 413 g/mol. The summed E-state index contributed by atoms with van der Waals surface area (Å²) in [6.45, 7) is -0.228. The Hall–Kier alpha value is -4.26. The highest BCUT2D eigenvalue weighted by atomic mass is 16.6. The molecule has 7 heteroatoms. The molecule has 0 bridgehead atoms. The van der Waals surface area contributed by atoms with Crippen LogP contribution in [0.4, 0.5) is 0 Å². The summed E-state index contributed by atoms with van der Waals surface area (Å²) in [5.74, 6) is 0.376. The van der Waals surface area contributed by atoms with Gasteiger partial charge in [0.15, 0.2) is 12.4 Å². The molecule has 0 unspecified atom stereocenters. The standard InChI is InChI=1S/C24H19N3O4/c1-30-22(28)16-31-21-14-8-5-11-18(21)15-25-27-23(17-9-3-2-4-10-17)26-20-13-7-6-12-19(20)24(27)29/h2-15H,16H2,1H3. The second-order valence-corrected chi connectivity index (χ2v) is 6.58. The van der Waals surface area contributed by atoms with Gasteiger partial charge in [-0.1, -0.05) is 54.6 Å². The maximum absolute atomic E-state index is 13.2. The van der Waals surface area contributed by atoms with Gasteiger partial charge in [0.25, 0.3) is 5.56 Å². The van der Waals surface area contributed by atoms with Gasteiger partial charge in [-0.2, -0.15) is 9.78 Å². The Morgan fingerprint density at radius 2 is 1.71 bits per heavy atom. The summed E-state index contributed by atoms with van der Waals surface area (Å²) in [7, 11) is 1.29. The highest BCUT2D eigenvalue weighted by molar-refractivity contribution is 5.84. The highest BCUT2D eigenvalue weighted by Gasteiger charge is 2.12. The number of benzene rings is 3. The first-order chi connectivity index (χ1) is 15.2. The average Bonchev–Trinajstić information content (AvgIpc) is 2.83. The Kier molecular flexibility index (Phi) is 5.84. The number of esters is 1. The number of fused-ring (bicyclic) bond motifs is 1. The van der Waals surface area contributed by atoms with Gasteiger partial charge in [0.1, 0.15) is 5.75 Å². The van der Waals surface area contributed by atoms with Crippen molar-refractivity contribution in [1.29, 1.82) is 0 Å². The number of rotatable bonds is 6.